The van der Waals surface area contributed by atoms with Gasteiger partial charge in [-0.25, -0.2) is 4.98 Å². The molecule has 0 radical (unpaired) electrons. The summed E-state index contributed by atoms with van der Waals surface area (Å²) in [4.78, 5) is 18.7. The molecule has 2 unspecified atom stereocenters. The Kier molecular flexibility index (Phi) is 4.74. The third-order valence-corrected chi connectivity index (χ3v) is 6.19. The van der Waals surface area contributed by atoms with Crippen LogP contribution in [0.4, 0.5) is 0 Å². The minimum atomic E-state index is -0.693. The van der Waals surface area contributed by atoms with Crippen LogP contribution in [0.1, 0.15) is 35.0 Å². The molecule has 1 aromatic heterocycles. The minimum absolute atomic E-state index is 0.00940. The lowest BCUT2D eigenvalue weighted by Gasteiger charge is -2.36. The third kappa shape index (κ3) is 3.37. The largest absolute Gasteiger partial charge is 0.481 e. The van der Waals surface area contributed by atoms with E-state index in [4.69, 9.17) is 4.98 Å². The maximum atomic E-state index is 11.5. The molecule has 134 valence electrons. The molecule has 1 aliphatic rings. The number of carboxylic acid groups (broad SMARTS) is 1. The van der Waals surface area contributed by atoms with Crippen LogP contribution in [0.3, 0.4) is 0 Å². The van der Waals surface area contributed by atoms with Crippen LogP contribution in [0.15, 0.2) is 48.5 Å². The number of carbonyl (C=O) groups is 1. The van der Waals surface area contributed by atoms with Crippen molar-refractivity contribution in [2.24, 2.45) is 5.92 Å². The van der Waals surface area contributed by atoms with Crippen molar-refractivity contribution in [1.29, 1.82) is 0 Å². The summed E-state index contributed by atoms with van der Waals surface area (Å²) >= 11 is 1.71. The molecule has 4 rings (SSSR count). The number of para-hydroxylation sites is 1. The van der Waals surface area contributed by atoms with Crippen molar-refractivity contribution >= 4 is 27.5 Å². The maximum Gasteiger partial charge on any atom is 0.307 e. The molecular formula is C21H22N2O2S. The van der Waals surface area contributed by atoms with Crippen molar-refractivity contribution in [2.45, 2.75) is 25.8 Å². The fourth-order valence-corrected chi connectivity index (χ4v) is 4.84. The summed E-state index contributed by atoms with van der Waals surface area (Å²) in [5, 5.41) is 10.5. The SMILES string of the molecule is Cc1ccc(C(c2nc3ccccc3s2)N2CCCC(C(=O)O)C2)cc1. The molecule has 26 heavy (non-hydrogen) atoms. The smallest absolute Gasteiger partial charge is 0.307 e. The van der Waals surface area contributed by atoms with Gasteiger partial charge in [-0.1, -0.05) is 42.0 Å². The number of aliphatic carboxylic acids is 1. The topological polar surface area (TPSA) is 53.4 Å². The first-order valence-electron chi connectivity index (χ1n) is 9.01. The predicted octanol–water partition coefficient (Wildman–Crippen LogP) is 4.49. The van der Waals surface area contributed by atoms with Crippen molar-refractivity contribution in [3.05, 3.63) is 64.7 Å². The number of likely N-dealkylation sites (tertiary alicyclic amines) is 1. The molecule has 1 fully saturated rings. The number of hydrogen-bond donors (Lipinski definition) is 1. The number of rotatable bonds is 4. The zero-order valence-corrected chi connectivity index (χ0v) is 15.6. The van der Waals surface area contributed by atoms with Gasteiger partial charge in [-0.15, -0.1) is 11.3 Å². The lowest BCUT2D eigenvalue weighted by molar-refractivity contribution is -0.143. The van der Waals surface area contributed by atoms with Gasteiger partial charge in [-0.05, 0) is 44.0 Å². The number of aryl methyl sites for hydroxylation is 1. The van der Waals surface area contributed by atoms with Gasteiger partial charge in [0.05, 0.1) is 22.2 Å². The molecule has 2 atom stereocenters. The first kappa shape index (κ1) is 17.2. The first-order valence-corrected chi connectivity index (χ1v) is 9.82. The molecule has 2 aromatic carbocycles. The Labute approximate surface area is 157 Å². The number of nitrogens with zero attached hydrogens (tertiary/aromatic N) is 2. The lowest BCUT2D eigenvalue weighted by atomic mass is 9.94. The van der Waals surface area contributed by atoms with E-state index in [0.29, 0.717) is 6.54 Å². The van der Waals surface area contributed by atoms with Gasteiger partial charge in [-0.3, -0.25) is 9.69 Å². The normalized spacial score (nSPS) is 19.5. The second-order valence-corrected chi connectivity index (χ2v) is 8.07. The number of fused-ring (bicyclic) bond motifs is 1. The highest BCUT2D eigenvalue weighted by atomic mass is 32.1. The van der Waals surface area contributed by atoms with Crippen molar-refractivity contribution in [2.75, 3.05) is 13.1 Å². The number of benzene rings is 2. The summed E-state index contributed by atoms with van der Waals surface area (Å²) in [7, 11) is 0. The molecule has 0 bridgehead atoms. The van der Waals surface area contributed by atoms with E-state index >= 15 is 0 Å². The summed E-state index contributed by atoms with van der Waals surface area (Å²) in [6.45, 7) is 3.56. The summed E-state index contributed by atoms with van der Waals surface area (Å²) in [6.07, 6.45) is 1.66. The van der Waals surface area contributed by atoms with E-state index in [9.17, 15) is 9.90 Å². The van der Waals surface area contributed by atoms with Gasteiger partial charge in [0.2, 0.25) is 0 Å². The van der Waals surface area contributed by atoms with Gasteiger partial charge in [0.1, 0.15) is 5.01 Å². The standard InChI is InChI=1S/C21H22N2O2S/c1-14-8-10-15(11-9-14)19(23-12-4-5-16(13-23)21(24)25)20-22-17-6-2-3-7-18(17)26-20/h2-3,6-11,16,19H,4-5,12-13H2,1H3,(H,24,25). The summed E-state index contributed by atoms with van der Waals surface area (Å²) in [6, 6.07) is 16.7. The zero-order valence-electron chi connectivity index (χ0n) is 14.8. The molecule has 0 spiro atoms. The number of carboxylic acids is 1. The average molecular weight is 366 g/mol. The van der Waals surface area contributed by atoms with Crippen LogP contribution in [-0.4, -0.2) is 34.0 Å². The van der Waals surface area contributed by atoms with Crippen LogP contribution in [0.25, 0.3) is 10.2 Å². The molecule has 4 nitrogen and oxygen atoms in total. The quantitative estimate of drug-likeness (QED) is 0.739. The van der Waals surface area contributed by atoms with Crippen LogP contribution in [0.5, 0.6) is 0 Å². The maximum absolute atomic E-state index is 11.5. The lowest BCUT2D eigenvalue weighted by Crippen LogP contribution is -2.41. The Morgan fingerprint density at radius 1 is 1.23 bits per heavy atom. The van der Waals surface area contributed by atoms with E-state index in [1.54, 1.807) is 11.3 Å². The molecule has 0 amide bonds. The molecular weight excluding hydrogens is 344 g/mol. The Balaban J connectivity index is 1.76. The van der Waals surface area contributed by atoms with Gasteiger partial charge in [0.25, 0.3) is 0 Å². The highest BCUT2D eigenvalue weighted by molar-refractivity contribution is 7.18. The van der Waals surface area contributed by atoms with E-state index < -0.39 is 5.97 Å². The summed E-state index contributed by atoms with van der Waals surface area (Å²) in [5.41, 5.74) is 3.41. The molecule has 1 aliphatic heterocycles. The van der Waals surface area contributed by atoms with Crippen molar-refractivity contribution < 1.29 is 9.90 Å². The Bertz CT molecular complexity index is 886. The number of thiazole rings is 1. The van der Waals surface area contributed by atoms with E-state index in [-0.39, 0.29) is 12.0 Å². The molecule has 5 heteroatoms. The Hall–Kier alpha value is -2.24. The van der Waals surface area contributed by atoms with Gasteiger partial charge in [-0.2, -0.15) is 0 Å². The third-order valence-electron chi connectivity index (χ3n) is 5.10. The number of piperidine rings is 1. The minimum Gasteiger partial charge on any atom is -0.481 e. The van der Waals surface area contributed by atoms with Gasteiger partial charge in [0.15, 0.2) is 0 Å². The van der Waals surface area contributed by atoms with Gasteiger partial charge in [0, 0.05) is 6.54 Å². The van der Waals surface area contributed by atoms with Crippen LogP contribution >= 0.6 is 11.3 Å². The van der Waals surface area contributed by atoms with Crippen LogP contribution in [0, 0.1) is 12.8 Å². The monoisotopic (exact) mass is 366 g/mol. The molecule has 0 saturated carbocycles. The van der Waals surface area contributed by atoms with Crippen molar-refractivity contribution in [3.63, 3.8) is 0 Å². The summed E-state index contributed by atoms with van der Waals surface area (Å²) < 4.78 is 1.17. The van der Waals surface area contributed by atoms with Crippen molar-refractivity contribution in [3.8, 4) is 0 Å². The molecule has 3 aromatic rings. The van der Waals surface area contributed by atoms with Gasteiger partial charge < -0.3 is 5.11 Å². The van der Waals surface area contributed by atoms with E-state index in [2.05, 4.69) is 42.2 Å². The molecule has 2 heterocycles. The van der Waals surface area contributed by atoms with E-state index in [1.165, 1.54) is 15.8 Å². The van der Waals surface area contributed by atoms with Gasteiger partial charge >= 0.3 is 5.97 Å². The Morgan fingerprint density at radius 2 is 2.00 bits per heavy atom. The molecule has 1 N–H and O–H groups in total. The Morgan fingerprint density at radius 3 is 2.73 bits per heavy atom. The number of aromatic nitrogens is 1. The molecule has 0 aliphatic carbocycles. The van der Waals surface area contributed by atoms with Crippen LogP contribution in [0.2, 0.25) is 0 Å². The van der Waals surface area contributed by atoms with Crippen LogP contribution in [-0.2, 0) is 4.79 Å². The van der Waals surface area contributed by atoms with Crippen molar-refractivity contribution in [1.82, 2.24) is 9.88 Å². The fourth-order valence-electron chi connectivity index (χ4n) is 3.71. The first-order chi connectivity index (χ1) is 12.6. The highest BCUT2D eigenvalue weighted by Gasteiger charge is 2.32. The number of hydrogen-bond acceptors (Lipinski definition) is 4. The van der Waals surface area contributed by atoms with E-state index in [1.807, 2.05) is 18.2 Å². The predicted molar refractivity (Wildman–Crippen MR) is 105 cm³/mol. The second-order valence-electron chi connectivity index (χ2n) is 7.01. The van der Waals surface area contributed by atoms with Crippen LogP contribution < -0.4 is 0 Å². The highest BCUT2D eigenvalue weighted by Crippen LogP contribution is 2.36. The van der Waals surface area contributed by atoms with E-state index in [0.717, 1.165) is 29.9 Å². The summed E-state index contributed by atoms with van der Waals surface area (Å²) in [5.74, 6) is -0.993. The fraction of sp³-hybridized carbons (Fsp3) is 0.333. The average Bonchev–Trinajstić information content (AvgIpc) is 3.07. The molecule has 1 saturated heterocycles. The zero-order chi connectivity index (χ0) is 18.1. The second kappa shape index (κ2) is 7.17.